The minimum Gasteiger partial charge on any atom is -0.505 e. The number of hydrogen-bond acceptors (Lipinski definition) is 4. The number of nitrogens with one attached hydrogen (secondary N) is 1. The third kappa shape index (κ3) is 3.90. The maximum atomic E-state index is 12.5. The minimum atomic E-state index is -0.546. The first-order chi connectivity index (χ1) is 13.3. The molecule has 2 aromatic carbocycles. The zero-order chi connectivity index (χ0) is 20.4. The Morgan fingerprint density at radius 3 is 2.46 bits per heavy atom. The normalized spacial score (nSPS) is 12.2. The van der Waals surface area contributed by atoms with Gasteiger partial charge in [-0.15, -0.1) is 0 Å². The van der Waals surface area contributed by atoms with E-state index in [4.69, 9.17) is 11.6 Å². The second kappa shape index (κ2) is 8.07. The third-order valence-electron chi connectivity index (χ3n) is 4.71. The van der Waals surface area contributed by atoms with Crippen LogP contribution in [0.15, 0.2) is 48.7 Å². The summed E-state index contributed by atoms with van der Waals surface area (Å²) in [4.78, 5) is 18.8. The maximum absolute atomic E-state index is 12.5. The van der Waals surface area contributed by atoms with Gasteiger partial charge in [-0.05, 0) is 35.9 Å². The van der Waals surface area contributed by atoms with Crippen LogP contribution in [-0.2, 0) is 4.79 Å². The molecule has 0 bridgehead atoms. The molecule has 28 heavy (non-hydrogen) atoms. The Morgan fingerprint density at radius 1 is 1.18 bits per heavy atom. The summed E-state index contributed by atoms with van der Waals surface area (Å²) in [5.74, 6) is -0.288. The molecule has 2 N–H and O–H groups in total. The van der Waals surface area contributed by atoms with E-state index in [2.05, 4.69) is 10.3 Å². The Labute approximate surface area is 170 Å². The molecule has 1 aromatic heterocycles. The van der Waals surface area contributed by atoms with Gasteiger partial charge in [-0.3, -0.25) is 9.78 Å². The fourth-order valence-electron chi connectivity index (χ4n) is 3.04. The Balaban J connectivity index is 2.15. The van der Waals surface area contributed by atoms with Crippen LogP contribution in [0.4, 0.5) is 5.69 Å². The molecule has 0 radical (unpaired) electrons. The van der Waals surface area contributed by atoms with Crippen LogP contribution in [0.2, 0.25) is 5.02 Å². The lowest BCUT2D eigenvalue weighted by molar-refractivity contribution is -0.124. The van der Waals surface area contributed by atoms with Crippen molar-refractivity contribution in [1.29, 1.82) is 0 Å². The standard InChI is InChI=1S/C22H24ClN3O2/c1-13(2)22(28)25-19(14-7-9-15(10-8-14)26(3)4)17-12-18(23)16-6-5-11-24-20(16)21(17)27/h5-13,19,27H,1-4H3,(H,25,28)/t19-/m0/s1. The number of hydrogen-bond donors (Lipinski definition) is 2. The van der Waals surface area contributed by atoms with E-state index in [0.29, 0.717) is 21.5 Å². The number of anilines is 1. The summed E-state index contributed by atoms with van der Waals surface area (Å²) in [6.07, 6.45) is 1.61. The van der Waals surface area contributed by atoms with Gasteiger partial charge in [0, 0.05) is 42.8 Å². The average Bonchev–Trinajstić information content (AvgIpc) is 2.69. The molecule has 0 aliphatic carbocycles. The second-order valence-corrected chi connectivity index (χ2v) is 7.69. The minimum absolute atomic E-state index is 0.0192. The number of amides is 1. The van der Waals surface area contributed by atoms with Crippen LogP contribution in [0.1, 0.15) is 31.0 Å². The van der Waals surface area contributed by atoms with Gasteiger partial charge in [-0.1, -0.05) is 37.6 Å². The summed E-state index contributed by atoms with van der Waals surface area (Å²) in [5.41, 5.74) is 2.82. The number of carbonyl (C=O) groups excluding carboxylic acids is 1. The van der Waals surface area contributed by atoms with Crippen molar-refractivity contribution >= 4 is 34.1 Å². The van der Waals surface area contributed by atoms with Gasteiger partial charge in [0.2, 0.25) is 5.91 Å². The molecule has 0 spiro atoms. The smallest absolute Gasteiger partial charge is 0.223 e. The lowest BCUT2D eigenvalue weighted by Gasteiger charge is -2.23. The number of aromatic hydroxyl groups is 1. The Hall–Kier alpha value is -2.79. The zero-order valence-electron chi connectivity index (χ0n) is 16.4. The molecule has 3 aromatic rings. The van der Waals surface area contributed by atoms with Crippen LogP contribution in [0, 0.1) is 5.92 Å². The van der Waals surface area contributed by atoms with Gasteiger partial charge in [0.1, 0.15) is 11.3 Å². The molecule has 1 heterocycles. The van der Waals surface area contributed by atoms with Crippen LogP contribution in [0.25, 0.3) is 10.9 Å². The molecule has 3 rings (SSSR count). The summed E-state index contributed by atoms with van der Waals surface area (Å²) in [6.45, 7) is 3.66. The number of fused-ring (bicyclic) bond motifs is 1. The number of carbonyl (C=O) groups is 1. The molecule has 6 heteroatoms. The van der Waals surface area contributed by atoms with Gasteiger partial charge in [0.25, 0.3) is 0 Å². The van der Waals surface area contributed by atoms with Crippen LogP contribution in [0.5, 0.6) is 5.75 Å². The number of pyridine rings is 1. The first-order valence-corrected chi connectivity index (χ1v) is 9.51. The van der Waals surface area contributed by atoms with Crippen molar-refractivity contribution in [1.82, 2.24) is 10.3 Å². The van der Waals surface area contributed by atoms with Crippen LogP contribution >= 0.6 is 11.6 Å². The zero-order valence-corrected chi connectivity index (χ0v) is 17.2. The number of halogens is 1. The van der Waals surface area contributed by atoms with Gasteiger partial charge in [0.15, 0.2) is 0 Å². The predicted octanol–water partition coefficient (Wildman–Crippen LogP) is 4.52. The monoisotopic (exact) mass is 397 g/mol. The summed E-state index contributed by atoms with van der Waals surface area (Å²) >= 11 is 6.46. The number of rotatable bonds is 5. The van der Waals surface area contributed by atoms with Crippen LogP contribution < -0.4 is 10.2 Å². The predicted molar refractivity (Wildman–Crippen MR) is 114 cm³/mol. The number of aromatic nitrogens is 1. The average molecular weight is 398 g/mol. The van der Waals surface area contributed by atoms with E-state index in [9.17, 15) is 9.90 Å². The van der Waals surface area contributed by atoms with Gasteiger partial charge < -0.3 is 15.3 Å². The Bertz CT molecular complexity index is 1000. The molecule has 0 aliphatic heterocycles. The topological polar surface area (TPSA) is 65.5 Å². The second-order valence-electron chi connectivity index (χ2n) is 7.28. The molecule has 0 saturated carbocycles. The van der Waals surface area contributed by atoms with E-state index >= 15 is 0 Å². The summed E-state index contributed by atoms with van der Waals surface area (Å²) in [7, 11) is 3.93. The first kappa shape index (κ1) is 20.0. The van der Waals surface area contributed by atoms with Crippen molar-refractivity contribution in [3.05, 3.63) is 64.8 Å². The first-order valence-electron chi connectivity index (χ1n) is 9.13. The fraction of sp³-hybridized carbons (Fsp3) is 0.273. The number of nitrogens with zero attached hydrogens (tertiary/aromatic N) is 2. The molecule has 1 amide bonds. The van der Waals surface area contributed by atoms with E-state index in [1.807, 2.05) is 63.2 Å². The molecule has 5 nitrogen and oxygen atoms in total. The molecular weight excluding hydrogens is 374 g/mol. The van der Waals surface area contributed by atoms with Crippen molar-refractivity contribution in [2.75, 3.05) is 19.0 Å². The summed E-state index contributed by atoms with van der Waals surface area (Å²) < 4.78 is 0. The number of benzene rings is 2. The van der Waals surface area contributed by atoms with E-state index in [-0.39, 0.29) is 17.6 Å². The SMILES string of the molecule is CC(C)C(=O)N[C@@H](c1ccc(N(C)C)cc1)c1cc(Cl)c2cccnc2c1O. The van der Waals surface area contributed by atoms with Crippen molar-refractivity contribution in [3.8, 4) is 5.75 Å². The van der Waals surface area contributed by atoms with E-state index < -0.39 is 6.04 Å². The van der Waals surface area contributed by atoms with Crippen molar-refractivity contribution in [2.24, 2.45) is 5.92 Å². The highest BCUT2D eigenvalue weighted by Gasteiger charge is 2.24. The maximum Gasteiger partial charge on any atom is 0.223 e. The lowest BCUT2D eigenvalue weighted by atomic mass is 9.95. The molecule has 0 fully saturated rings. The highest BCUT2D eigenvalue weighted by atomic mass is 35.5. The van der Waals surface area contributed by atoms with Crippen molar-refractivity contribution in [3.63, 3.8) is 0 Å². The number of phenolic OH excluding ortho intramolecular Hbond substituents is 1. The molecule has 0 saturated heterocycles. The quantitative estimate of drug-likeness (QED) is 0.664. The largest absolute Gasteiger partial charge is 0.505 e. The van der Waals surface area contributed by atoms with E-state index in [0.717, 1.165) is 11.3 Å². The highest BCUT2D eigenvalue weighted by Crippen LogP contribution is 2.38. The van der Waals surface area contributed by atoms with Crippen molar-refractivity contribution < 1.29 is 9.90 Å². The van der Waals surface area contributed by atoms with Crippen LogP contribution in [-0.4, -0.2) is 30.1 Å². The van der Waals surface area contributed by atoms with Gasteiger partial charge in [-0.2, -0.15) is 0 Å². The molecular formula is C22H24ClN3O2. The lowest BCUT2D eigenvalue weighted by Crippen LogP contribution is -2.32. The Morgan fingerprint density at radius 2 is 1.86 bits per heavy atom. The third-order valence-corrected chi connectivity index (χ3v) is 5.02. The molecule has 0 unspecified atom stereocenters. The van der Waals surface area contributed by atoms with Crippen LogP contribution in [0.3, 0.4) is 0 Å². The van der Waals surface area contributed by atoms with Gasteiger partial charge >= 0.3 is 0 Å². The highest BCUT2D eigenvalue weighted by molar-refractivity contribution is 6.35. The van der Waals surface area contributed by atoms with Gasteiger partial charge in [0.05, 0.1) is 11.1 Å². The Kier molecular flexibility index (Phi) is 5.75. The van der Waals surface area contributed by atoms with Gasteiger partial charge in [-0.25, -0.2) is 0 Å². The van der Waals surface area contributed by atoms with E-state index in [1.165, 1.54) is 0 Å². The molecule has 146 valence electrons. The molecule has 1 atom stereocenters. The van der Waals surface area contributed by atoms with E-state index in [1.54, 1.807) is 18.3 Å². The summed E-state index contributed by atoms with van der Waals surface area (Å²) in [6, 6.07) is 12.6. The van der Waals surface area contributed by atoms with Crippen molar-refractivity contribution in [2.45, 2.75) is 19.9 Å². The fourth-order valence-corrected chi connectivity index (χ4v) is 3.31. The number of phenols is 1. The summed E-state index contributed by atoms with van der Waals surface area (Å²) in [5, 5.41) is 15.1. The molecule has 0 aliphatic rings.